The Morgan fingerprint density at radius 1 is 1.07 bits per heavy atom. The quantitative estimate of drug-likeness (QED) is 0.316. The van der Waals surface area contributed by atoms with Gasteiger partial charge in [-0.1, -0.05) is 6.07 Å². The third-order valence-corrected chi connectivity index (χ3v) is 5.25. The number of ether oxygens (including phenoxy) is 3. The number of thiazole rings is 1. The Bertz CT molecular complexity index is 776. The molecule has 0 aliphatic carbocycles. The van der Waals surface area contributed by atoms with E-state index in [0.717, 1.165) is 28.6 Å². The van der Waals surface area contributed by atoms with Crippen LogP contribution in [0.4, 0.5) is 0 Å². The molecule has 0 aliphatic heterocycles. The lowest BCUT2D eigenvalue weighted by molar-refractivity contribution is 0.322. The molecule has 0 saturated heterocycles. The van der Waals surface area contributed by atoms with Crippen molar-refractivity contribution in [2.75, 3.05) is 34.9 Å². The molecule has 156 valence electrons. The van der Waals surface area contributed by atoms with Gasteiger partial charge in [0.05, 0.1) is 33.6 Å². The van der Waals surface area contributed by atoms with Gasteiger partial charge >= 0.3 is 0 Å². The second kappa shape index (κ2) is 11.9. The minimum atomic E-state index is 0. The molecule has 2 rings (SSSR count). The number of nitrogens with zero attached hydrogens (tertiary/aromatic N) is 2. The average Bonchev–Trinajstić information content (AvgIpc) is 3.01. The molecule has 2 aromatic rings. The first kappa shape index (κ1) is 24.3. The van der Waals surface area contributed by atoms with Crippen LogP contribution in [0.2, 0.25) is 0 Å². The van der Waals surface area contributed by atoms with Crippen LogP contribution in [0.3, 0.4) is 0 Å². The Balaban J connectivity index is 0.00000392. The lowest BCUT2D eigenvalue weighted by Crippen LogP contribution is -2.37. The molecule has 9 heteroatoms. The molecule has 0 unspecified atom stereocenters. The second-order valence-corrected chi connectivity index (χ2v) is 7.13. The van der Waals surface area contributed by atoms with Crippen LogP contribution in [0.25, 0.3) is 0 Å². The number of halogens is 1. The summed E-state index contributed by atoms with van der Waals surface area (Å²) in [7, 11) is 6.60. The number of benzene rings is 1. The molecule has 0 atom stereocenters. The van der Waals surface area contributed by atoms with Gasteiger partial charge in [-0.25, -0.2) is 4.98 Å². The Hall–Kier alpha value is -1.75. The normalized spacial score (nSPS) is 10.9. The standard InChI is InChI=1S/C19H28N4O3S.HI/c1-12-13(2)27-16(23-12)11-22-19(20-3)21-10-9-14-7-8-15(24-4)18(26-6)17(14)25-5;/h7-8H,9-11H2,1-6H3,(H2,20,21,22);1H. The van der Waals surface area contributed by atoms with Crippen LogP contribution < -0.4 is 24.8 Å². The van der Waals surface area contributed by atoms with Crippen molar-refractivity contribution in [1.82, 2.24) is 15.6 Å². The minimum absolute atomic E-state index is 0. The largest absolute Gasteiger partial charge is 0.493 e. The van der Waals surface area contributed by atoms with Gasteiger partial charge in [0, 0.05) is 24.0 Å². The number of aryl methyl sites for hydroxylation is 2. The van der Waals surface area contributed by atoms with Gasteiger partial charge in [-0.15, -0.1) is 35.3 Å². The van der Waals surface area contributed by atoms with Crippen LogP contribution in [0.15, 0.2) is 17.1 Å². The summed E-state index contributed by atoms with van der Waals surface area (Å²) in [5.41, 5.74) is 2.12. The summed E-state index contributed by atoms with van der Waals surface area (Å²) in [4.78, 5) is 10.0. The number of aromatic nitrogens is 1. The van der Waals surface area contributed by atoms with Crippen LogP contribution >= 0.6 is 35.3 Å². The van der Waals surface area contributed by atoms with E-state index >= 15 is 0 Å². The van der Waals surface area contributed by atoms with E-state index in [2.05, 4.69) is 27.5 Å². The van der Waals surface area contributed by atoms with Crippen molar-refractivity contribution >= 4 is 41.3 Å². The van der Waals surface area contributed by atoms with E-state index in [4.69, 9.17) is 14.2 Å². The zero-order chi connectivity index (χ0) is 19.8. The van der Waals surface area contributed by atoms with Crippen molar-refractivity contribution in [1.29, 1.82) is 0 Å². The van der Waals surface area contributed by atoms with E-state index in [9.17, 15) is 0 Å². The van der Waals surface area contributed by atoms with Crippen LogP contribution in [0.1, 0.15) is 21.1 Å². The smallest absolute Gasteiger partial charge is 0.203 e. The van der Waals surface area contributed by atoms with E-state index in [1.54, 1.807) is 39.7 Å². The van der Waals surface area contributed by atoms with Crippen LogP contribution in [-0.4, -0.2) is 45.9 Å². The maximum Gasteiger partial charge on any atom is 0.203 e. The fourth-order valence-electron chi connectivity index (χ4n) is 2.67. The van der Waals surface area contributed by atoms with E-state index < -0.39 is 0 Å². The molecule has 0 fully saturated rings. The molecule has 0 bridgehead atoms. The number of guanidine groups is 1. The van der Waals surface area contributed by atoms with Crippen molar-refractivity contribution in [3.8, 4) is 17.2 Å². The molecule has 0 spiro atoms. The Kier molecular flexibility index (Phi) is 10.4. The predicted octanol–water partition coefficient (Wildman–Crippen LogP) is 3.31. The van der Waals surface area contributed by atoms with E-state index in [1.165, 1.54) is 4.88 Å². The number of methoxy groups -OCH3 is 3. The fourth-order valence-corrected chi connectivity index (χ4v) is 3.54. The van der Waals surface area contributed by atoms with Gasteiger partial charge in [0.25, 0.3) is 0 Å². The molecule has 0 amide bonds. The first-order valence-electron chi connectivity index (χ1n) is 8.69. The molecule has 0 saturated carbocycles. The molecule has 0 aliphatic rings. The zero-order valence-corrected chi connectivity index (χ0v) is 20.4. The van der Waals surface area contributed by atoms with E-state index in [0.29, 0.717) is 30.3 Å². The Labute approximate surface area is 187 Å². The molecular weight excluding hydrogens is 491 g/mol. The number of hydrogen-bond donors (Lipinski definition) is 2. The summed E-state index contributed by atoms with van der Waals surface area (Å²) < 4.78 is 16.3. The summed E-state index contributed by atoms with van der Waals surface area (Å²) in [5, 5.41) is 7.66. The van der Waals surface area contributed by atoms with Gasteiger partial charge in [-0.2, -0.15) is 0 Å². The monoisotopic (exact) mass is 520 g/mol. The van der Waals surface area contributed by atoms with Crippen molar-refractivity contribution in [3.63, 3.8) is 0 Å². The van der Waals surface area contributed by atoms with E-state index in [-0.39, 0.29) is 24.0 Å². The SMILES string of the molecule is CN=C(NCCc1ccc(OC)c(OC)c1OC)NCc1nc(C)c(C)s1.I. The lowest BCUT2D eigenvalue weighted by atomic mass is 10.1. The highest BCUT2D eigenvalue weighted by Crippen LogP contribution is 2.39. The van der Waals surface area contributed by atoms with Crippen molar-refractivity contribution < 1.29 is 14.2 Å². The highest BCUT2D eigenvalue weighted by Gasteiger charge is 2.15. The first-order valence-corrected chi connectivity index (χ1v) is 9.50. The average molecular weight is 520 g/mol. The number of nitrogens with one attached hydrogen (secondary N) is 2. The predicted molar refractivity (Wildman–Crippen MR) is 125 cm³/mol. The zero-order valence-electron chi connectivity index (χ0n) is 17.2. The highest BCUT2D eigenvalue weighted by atomic mass is 127. The number of aliphatic imine (C=N–C) groups is 1. The maximum atomic E-state index is 5.53. The summed E-state index contributed by atoms with van der Waals surface area (Å²) in [6.07, 6.45) is 0.750. The van der Waals surface area contributed by atoms with Crippen LogP contribution in [-0.2, 0) is 13.0 Å². The molecule has 1 aromatic carbocycles. The third kappa shape index (κ3) is 6.13. The first-order chi connectivity index (χ1) is 13.0. The van der Waals surface area contributed by atoms with Crippen LogP contribution in [0.5, 0.6) is 17.2 Å². The molecule has 1 aromatic heterocycles. The van der Waals surface area contributed by atoms with Crippen LogP contribution in [0, 0.1) is 13.8 Å². The van der Waals surface area contributed by atoms with Gasteiger partial charge in [-0.05, 0) is 26.3 Å². The second-order valence-electron chi connectivity index (χ2n) is 5.85. The topological polar surface area (TPSA) is 77.0 Å². The molecule has 1 heterocycles. The maximum absolute atomic E-state index is 5.53. The van der Waals surface area contributed by atoms with Crippen molar-refractivity contribution in [2.24, 2.45) is 4.99 Å². The Morgan fingerprint density at radius 2 is 1.79 bits per heavy atom. The lowest BCUT2D eigenvalue weighted by Gasteiger charge is -2.16. The number of rotatable bonds is 8. The molecule has 7 nitrogen and oxygen atoms in total. The van der Waals surface area contributed by atoms with Gasteiger partial charge in [0.15, 0.2) is 17.5 Å². The molecule has 0 radical (unpaired) electrons. The summed E-state index contributed by atoms with van der Waals surface area (Å²) in [5.74, 6) is 2.68. The van der Waals surface area contributed by atoms with Crippen molar-refractivity contribution in [2.45, 2.75) is 26.8 Å². The summed E-state index contributed by atoms with van der Waals surface area (Å²) >= 11 is 1.70. The summed E-state index contributed by atoms with van der Waals surface area (Å²) in [6, 6.07) is 3.87. The van der Waals surface area contributed by atoms with Gasteiger partial charge < -0.3 is 24.8 Å². The summed E-state index contributed by atoms with van der Waals surface area (Å²) in [6.45, 7) is 5.46. The molecule has 28 heavy (non-hydrogen) atoms. The minimum Gasteiger partial charge on any atom is -0.493 e. The van der Waals surface area contributed by atoms with Gasteiger partial charge in [0.1, 0.15) is 5.01 Å². The van der Waals surface area contributed by atoms with Gasteiger partial charge in [0.2, 0.25) is 5.75 Å². The number of hydrogen-bond acceptors (Lipinski definition) is 6. The third-order valence-electron chi connectivity index (χ3n) is 4.18. The van der Waals surface area contributed by atoms with Gasteiger partial charge in [-0.3, -0.25) is 4.99 Å². The molecule has 2 N–H and O–H groups in total. The van der Waals surface area contributed by atoms with E-state index in [1.807, 2.05) is 19.1 Å². The fraction of sp³-hybridized carbons (Fsp3) is 0.474. The Morgan fingerprint density at radius 3 is 2.32 bits per heavy atom. The molecular formula is C19H29IN4O3S. The van der Waals surface area contributed by atoms with Crippen molar-refractivity contribution in [3.05, 3.63) is 33.3 Å². The highest BCUT2D eigenvalue weighted by molar-refractivity contribution is 14.0.